The Kier molecular flexibility index (Phi) is 2.95. The van der Waals surface area contributed by atoms with E-state index in [-0.39, 0.29) is 11.5 Å². The lowest BCUT2D eigenvalue weighted by Gasteiger charge is -2.21. The predicted molar refractivity (Wildman–Crippen MR) is 65.3 cm³/mol. The molecule has 0 heterocycles. The minimum absolute atomic E-state index is 0.248. The first kappa shape index (κ1) is 11.4. The molecule has 0 aromatic heterocycles. The number of anilines is 3. The third-order valence-corrected chi connectivity index (χ3v) is 2.55. The molecule has 2 nitrogen and oxygen atoms in total. The summed E-state index contributed by atoms with van der Waals surface area (Å²) in [5, 5.41) is 0. The van der Waals surface area contributed by atoms with Crippen LogP contribution in [0, 0.1) is 11.6 Å². The Morgan fingerprint density at radius 3 is 2.41 bits per heavy atom. The average Bonchev–Trinajstić information content (AvgIpc) is 2.28. The standard InChI is InChI=1S/C13H12F2N2/c1-17(10-5-2-4-9(14)8-10)13-11(15)6-3-7-12(13)16/h2-8H,16H2,1H3. The summed E-state index contributed by atoms with van der Waals surface area (Å²) in [4.78, 5) is 1.52. The molecule has 2 aromatic carbocycles. The van der Waals surface area contributed by atoms with Crippen molar-refractivity contribution in [3.05, 3.63) is 54.1 Å². The molecule has 88 valence electrons. The molecule has 17 heavy (non-hydrogen) atoms. The molecular weight excluding hydrogens is 222 g/mol. The summed E-state index contributed by atoms with van der Waals surface area (Å²) >= 11 is 0. The summed E-state index contributed by atoms with van der Waals surface area (Å²) in [6.07, 6.45) is 0. The molecule has 0 spiro atoms. The molecule has 0 atom stereocenters. The Labute approximate surface area is 98.3 Å². The van der Waals surface area contributed by atoms with E-state index in [1.54, 1.807) is 25.2 Å². The minimum atomic E-state index is -0.434. The molecule has 0 aliphatic rings. The molecule has 4 heteroatoms. The average molecular weight is 234 g/mol. The Morgan fingerprint density at radius 2 is 1.76 bits per heavy atom. The number of nitrogens with two attached hydrogens (primary N) is 1. The number of para-hydroxylation sites is 1. The van der Waals surface area contributed by atoms with Crippen LogP contribution < -0.4 is 10.6 Å². The maximum Gasteiger partial charge on any atom is 0.148 e. The van der Waals surface area contributed by atoms with Crippen LogP contribution in [0.1, 0.15) is 0 Å². The number of hydrogen-bond acceptors (Lipinski definition) is 2. The van der Waals surface area contributed by atoms with Gasteiger partial charge in [0.1, 0.15) is 17.3 Å². The lowest BCUT2D eigenvalue weighted by atomic mass is 10.2. The highest BCUT2D eigenvalue weighted by atomic mass is 19.1. The molecule has 2 N–H and O–H groups in total. The second-order valence-corrected chi connectivity index (χ2v) is 3.72. The van der Waals surface area contributed by atoms with E-state index in [1.807, 2.05) is 0 Å². The topological polar surface area (TPSA) is 29.3 Å². The van der Waals surface area contributed by atoms with Crippen LogP contribution in [0.25, 0.3) is 0 Å². The van der Waals surface area contributed by atoms with E-state index < -0.39 is 5.82 Å². The third-order valence-electron chi connectivity index (χ3n) is 2.55. The van der Waals surface area contributed by atoms with Crippen LogP contribution in [-0.4, -0.2) is 7.05 Å². The number of halogens is 2. The number of benzene rings is 2. The van der Waals surface area contributed by atoms with E-state index in [9.17, 15) is 8.78 Å². The molecule has 0 aliphatic heterocycles. The summed E-state index contributed by atoms with van der Waals surface area (Å²) in [6.45, 7) is 0. The molecule has 2 rings (SSSR count). The van der Waals surface area contributed by atoms with Crippen molar-refractivity contribution >= 4 is 17.1 Å². The zero-order chi connectivity index (χ0) is 12.4. The lowest BCUT2D eigenvalue weighted by molar-refractivity contribution is 0.624. The van der Waals surface area contributed by atoms with Crippen molar-refractivity contribution in [2.24, 2.45) is 0 Å². The van der Waals surface area contributed by atoms with Crippen molar-refractivity contribution in [3.63, 3.8) is 0 Å². The van der Waals surface area contributed by atoms with Gasteiger partial charge in [0, 0.05) is 12.7 Å². The fourth-order valence-corrected chi connectivity index (χ4v) is 1.70. The molecule has 0 saturated carbocycles. The van der Waals surface area contributed by atoms with E-state index in [0.717, 1.165) is 0 Å². The van der Waals surface area contributed by atoms with Crippen molar-refractivity contribution in [1.29, 1.82) is 0 Å². The van der Waals surface area contributed by atoms with Gasteiger partial charge in [-0.3, -0.25) is 0 Å². The fraction of sp³-hybridized carbons (Fsp3) is 0.0769. The first-order valence-corrected chi connectivity index (χ1v) is 5.13. The van der Waals surface area contributed by atoms with Crippen molar-refractivity contribution in [1.82, 2.24) is 0 Å². The van der Waals surface area contributed by atoms with Gasteiger partial charge in [0.15, 0.2) is 0 Å². The van der Waals surface area contributed by atoms with Gasteiger partial charge in [-0.25, -0.2) is 8.78 Å². The summed E-state index contributed by atoms with van der Waals surface area (Å²) in [5.41, 5.74) is 6.83. The number of nitrogens with zero attached hydrogens (tertiary/aromatic N) is 1. The maximum absolute atomic E-state index is 13.7. The predicted octanol–water partition coefficient (Wildman–Crippen LogP) is 3.31. The molecule has 0 unspecified atom stereocenters. The molecular formula is C13H12F2N2. The van der Waals surface area contributed by atoms with Gasteiger partial charge in [0.05, 0.1) is 5.69 Å². The first-order chi connectivity index (χ1) is 8.09. The summed E-state index contributed by atoms with van der Waals surface area (Å²) in [5.74, 6) is -0.805. The minimum Gasteiger partial charge on any atom is -0.397 e. The van der Waals surface area contributed by atoms with Gasteiger partial charge < -0.3 is 10.6 Å². The maximum atomic E-state index is 13.7. The molecule has 0 amide bonds. The molecule has 0 radical (unpaired) electrons. The lowest BCUT2D eigenvalue weighted by Crippen LogP contribution is -2.13. The highest BCUT2D eigenvalue weighted by Gasteiger charge is 2.12. The van der Waals surface area contributed by atoms with Crippen molar-refractivity contribution < 1.29 is 8.78 Å². The van der Waals surface area contributed by atoms with Crippen LogP contribution in [-0.2, 0) is 0 Å². The monoisotopic (exact) mass is 234 g/mol. The second kappa shape index (κ2) is 4.41. The van der Waals surface area contributed by atoms with Crippen molar-refractivity contribution in [2.75, 3.05) is 17.7 Å². The van der Waals surface area contributed by atoms with Crippen molar-refractivity contribution in [3.8, 4) is 0 Å². The van der Waals surface area contributed by atoms with Gasteiger partial charge in [0.2, 0.25) is 0 Å². The van der Waals surface area contributed by atoms with E-state index in [2.05, 4.69) is 0 Å². The van der Waals surface area contributed by atoms with Crippen molar-refractivity contribution in [2.45, 2.75) is 0 Å². The Morgan fingerprint density at radius 1 is 1.06 bits per heavy atom. The summed E-state index contributed by atoms with van der Waals surface area (Å²) < 4.78 is 26.8. The van der Waals surface area contributed by atoms with Crippen LogP contribution in [0.5, 0.6) is 0 Å². The van der Waals surface area contributed by atoms with Crippen LogP contribution in [0.4, 0.5) is 25.8 Å². The third kappa shape index (κ3) is 2.20. The van der Waals surface area contributed by atoms with E-state index in [0.29, 0.717) is 11.4 Å². The largest absolute Gasteiger partial charge is 0.397 e. The van der Waals surface area contributed by atoms with Gasteiger partial charge >= 0.3 is 0 Å². The van der Waals surface area contributed by atoms with E-state index >= 15 is 0 Å². The van der Waals surface area contributed by atoms with E-state index in [1.165, 1.54) is 29.2 Å². The highest BCUT2D eigenvalue weighted by molar-refractivity contribution is 5.74. The van der Waals surface area contributed by atoms with Crippen LogP contribution >= 0.6 is 0 Å². The first-order valence-electron chi connectivity index (χ1n) is 5.13. The molecule has 0 saturated heterocycles. The van der Waals surface area contributed by atoms with Crippen LogP contribution in [0.15, 0.2) is 42.5 Å². The SMILES string of the molecule is CN(c1cccc(F)c1)c1c(N)cccc1F. The van der Waals surface area contributed by atoms with Gasteiger partial charge in [0.25, 0.3) is 0 Å². The summed E-state index contributed by atoms with van der Waals surface area (Å²) in [6, 6.07) is 10.4. The molecule has 0 fully saturated rings. The summed E-state index contributed by atoms with van der Waals surface area (Å²) in [7, 11) is 1.64. The van der Waals surface area contributed by atoms with Gasteiger partial charge in [-0.15, -0.1) is 0 Å². The zero-order valence-electron chi connectivity index (χ0n) is 9.32. The Bertz CT molecular complexity index is 520. The van der Waals surface area contributed by atoms with Crippen LogP contribution in [0.3, 0.4) is 0 Å². The number of nitrogen functional groups attached to an aromatic ring is 1. The molecule has 0 bridgehead atoms. The Hall–Kier alpha value is -2.10. The number of hydrogen-bond donors (Lipinski definition) is 1. The van der Waals surface area contributed by atoms with Gasteiger partial charge in [-0.05, 0) is 30.3 Å². The highest BCUT2D eigenvalue weighted by Crippen LogP contribution is 2.31. The Balaban J connectivity index is 2.47. The van der Waals surface area contributed by atoms with E-state index in [4.69, 9.17) is 5.73 Å². The van der Waals surface area contributed by atoms with Gasteiger partial charge in [-0.2, -0.15) is 0 Å². The second-order valence-electron chi connectivity index (χ2n) is 3.72. The molecule has 0 aliphatic carbocycles. The van der Waals surface area contributed by atoms with Crippen LogP contribution in [0.2, 0.25) is 0 Å². The fourth-order valence-electron chi connectivity index (χ4n) is 1.70. The zero-order valence-corrected chi connectivity index (χ0v) is 9.32. The quantitative estimate of drug-likeness (QED) is 0.808. The molecule has 2 aromatic rings. The van der Waals surface area contributed by atoms with Gasteiger partial charge in [-0.1, -0.05) is 12.1 Å². The normalized spacial score (nSPS) is 10.3. The number of rotatable bonds is 2. The smallest absolute Gasteiger partial charge is 0.148 e.